The van der Waals surface area contributed by atoms with Gasteiger partial charge in [-0.25, -0.2) is 0 Å². The average Bonchev–Trinajstić information content (AvgIpc) is 2.14. The van der Waals surface area contributed by atoms with Crippen LogP contribution in [0, 0.1) is 0 Å². The Bertz CT molecular complexity index is 347. The number of carbonyl (C=O) groups is 1. The summed E-state index contributed by atoms with van der Waals surface area (Å²) in [5.41, 5.74) is -2.12. The normalized spacial score (nSPS) is 19.7. The first-order chi connectivity index (χ1) is 7.66. The second-order valence-corrected chi connectivity index (χ2v) is 7.44. The maximum atomic E-state index is 11.1. The highest BCUT2D eigenvalue weighted by atomic mass is 31.2. The number of nitrogens with zero attached hydrogens (tertiary/aromatic N) is 2. The Morgan fingerprint density at radius 3 is 1.65 bits per heavy atom. The zero-order valence-electron chi connectivity index (χ0n) is 8.79. The van der Waals surface area contributed by atoms with Gasteiger partial charge in [-0.1, -0.05) is 0 Å². The van der Waals surface area contributed by atoms with Crippen molar-refractivity contribution in [2.24, 2.45) is 0 Å². The fourth-order valence-corrected chi connectivity index (χ4v) is 4.58. The Labute approximate surface area is 97.3 Å². The predicted molar refractivity (Wildman–Crippen MR) is 57.1 cm³/mol. The summed E-state index contributed by atoms with van der Waals surface area (Å²) in [4.78, 5) is 48.8. The highest BCUT2D eigenvalue weighted by molar-refractivity contribution is 7.70. The van der Waals surface area contributed by atoms with Gasteiger partial charge in [0.05, 0.1) is 0 Å². The van der Waals surface area contributed by atoms with Crippen LogP contribution >= 0.6 is 15.2 Å². The van der Waals surface area contributed by atoms with E-state index in [1.807, 2.05) is 0 Å². The van der Waals surface area contributed by atoms with E-state index in [2.05, 4.69) is 0 Å². The van der Waals surface area contributed by atoms with Gasteiger partial charge in [-0.2, -0.15) is 0 Å². The minimum atomic E-state index is -4.94. The molecule has 1 aliphatic heterocycles. The van der Waals surface area contributed by atoms with Gasteiger partial charge >= 0.3 is 15.2 Å². The van der Waals surface area contributed by atoms with Gasteiger partial charge in [0.25, 0.3) is 0 Å². The third-order valence-corrected chi connectivity index (χ3v) is 6.09. The summed E-state index contributed by atoms with van der Waals surface area (Å²) < 4.78 is 22.2. The topological polar surface area (TPSA) is 139 Å². The van der Waals surface area contributed by atoms with Gasteiger partial charge in [0, 0.05) is 26.2 Å². The SMILES string of the molecule is O=CN1CCN(C(P(=O)(O)O)P(=O)(O)O)CC1. The van der Waals surface area contributed by atoms with E-state index in [-0.39, 0.29) is 26.2 Å². The second kappa shape index (κ2) is 5.16. The van der Waals surface area contributed by atoms with Crippen LogP contribution in [0.15, 0.2) is 0 Å². The molecule has 0 aliphatic carbocycles. The van der Waals surface area contributed by atoms with Gasteiger partial charge in [-0.15, -0.1) is 0 Å². The summed E-state index contributed by atoms with van der Waals surface area (Å²) in [6.07, 6.45) is 0.585. The number of hydrogen-bond acceptors (Lipinski definition) is 4. The molecule has 17 heavy (non-hydrogen) atoms. The van der Waals surface area contributed by atoms with Crippen LogP contribution in [-0.2, 0) is 13.9 Å². The number of amides is 1. The lowest BCUT2D eigenvalue weighted by molar-refractivity contribution is -0.119. The molecule has 0 aromatic carbocycles. The molecule has 100 valence electrons. The van der Waals surface area contributed by atoms with E-state index >= 15 is 0 Å². The zero-order valence-corrected chi connectivity index (χ0v) is 10.6. The van der Waals surface area contributed by atoms with Crippen molar-refractivity contribution in [2.45, 2.75) is 5.52 Å². The molecule has 0 bridgehead atoms. The molecule has 0 unspecified atom stereocenters. The highest BCUT2D eigenvalue weighted by Gasteiger charge is 2.48. The van der Waals surface area contributed by atoms with E-state index in [4.69, 9.17) is 19.6 Å². The Kier molecular flexibility index (Phi) is 4.49. The summed E-state index contributed by atoms with van der Waals surface area (Å²) in [6, 6.07) is 0. The molecule has 4 N–H and O–H groups in total. The van der Waals surface area contributed by atoms with Crippen molar-refractivity contribution in [2.75, 3.05) is 26.2 Å². The Morgan fingerprint density at radius 2 is 1.35 bits per heavy atom. The zero-order chi connectivity index (χ0) is 13.3. The number of hydrogen-bond donors (Lipinski definition) is 4. The maximum Gasteiger partial charge on any atom is 0.354 e. The molecule has 0 aromatic rings. The Morgan fingerprint density at radius 1 is 0.941 bits per heavy atom. The first kappa shape index (κ1) is 14.8. The standard InChI is InChI=1S/C6H14N2O7P2/c9-5-7-1-3-8(4-2-7)6(16(10,11)12)17(13,14)15/h5-6H,1-4H2,(H2,10,11,12)(H2,13,14,15). The summed E-state index contributed by atoms with van der Waals surface area (Å²) in [5, 5.41) is 0. The monoisotopic (exact) mass is 288 g/mol. The van der Waals surface area contributed by atoms with E-state index in [1.54, 1.807) is 0 Å². The predicted octanol–water partition coefficient (Wildman–Crippen LogP) is -1.60. The lowest BCUT2D eigenvalue weighted by atomic mass is 10.3. The van der Waals surface area contributed by atoms with Crippen LogP contribution in [0.25, 0.3) is 0 Å². The third-order valence-electron chi connectivity index (χ3n) is 2.43. The minimum absolute atomic E-state index is 0.0135. The molecule has 0 spiro atoms. The fraction of sp³-hybridized carbons (Fsp3) is 0.833. The lowest BCUT2D eigenvalue weighted by Gasteiger charge is -2.37. The first-order valence-corrected chi connectivity index (χ1v) is 8.06. The van der Waals surface area contributed by atoms with Crippen LogP contribution in [-0.4, -0.2) is 67.5 Å². The van der Waals surface area contributed by atoms with Crippen LogP contribution in [0.3, 0.4) is 0 Å². The van der Waals surface area contributed by atoms with E-state index in [9.17, 15) is 13.9 Å². The van der Waals surface area contributed by atoms with Crippen molar-refractivity contribution < 1.29 is 33.5 Å². The van der Waals surface area contributed by atoms with Crippen molar-refractivity contribution in [1.29, 1.82) is 0 Å². The molecule has 1 heterocycles. The smallest absolute Gasteiger partial charge is 0.343 e. The third kappa shape index (κ3) is 3.86. The molecule has 11 heteroatoms. The van der Waals surface area contributed by atoms with Gasteiger partial charge in [0.1, 0.15) is 0 Å². The maximum absolute atomic E-state index is 11.1. The first-order valence-electron chi connectivity index (χ1n) is 4.70. The molecule has 1 amide bonds. The molecule has 0 aromatic heterocycles. The number of rotatable bonds is 4. The summed E-state index contributed by atoms with van der Waals surface area (Å²) in [5.74, 6) is 0. The van der Waals surface area contributed by atoms with Gasteiger partial charge in [-0.05, 0) is 0 Å². The van der Waals surface area contributed by atoms with Crippen molar-refractivity contribution in [3.05, 3.63) is 0 Å². The molecular weight excluding hydrogens is 274 g/mol. The van der Waals surface area contributed by atoms with Crippen molar-refractivity contribution in [3.8, 4) is 0 Å². The molecule has 1 fully saturated rings. The number of carbonyl (C=O) groups excluding carboxylic acids is 1. The molecular formula is C6H14N2O7P2. The van der Waals surface area contributed by atoms with Crippen LogP contribution in [0.4, 0.5) is 0 Å². The summed E-state index contributed by atoms with van der Waals surface area (Å²) in [7, 11) is -9.88. The van der Waals surface area contributed by atoms with Crippen LogP contribution in [0.1, 0.15) is 0 Å². The van der Waals surface area contributed by atoms with Crippen LogP contribution < -0.4 is 0 Å². The largest absolute Gasteiger partial charge is 0.354 e. The molecule has 0 radical (unpaired) electrons. The van der Waals surface area contributed by atoms with E-state index < -0.39 is 20.7 Å². The fourth-order valence-electron chi connectivity index (χ4n) is 1.70. The van der Waals surface area contributed by atoms with Crippen molar-refractivity contribution in [3.63, 3.8) is 0 Å². The highest BCUT2D eigenvalue weighted by Crippen LogP contribution is 2.61. The Hall–Kier alpha value is -0.270. The van der Waals surface area contributed by atoms with E-state index in [0.29, 0.717) is 6.41 Å². The quantitative estimate of drug-likeness (QED) is 0.358. The lowest BCUT2D eigenvalue weighted by Crippen LogP contribution is -2.49. The van der Waals surface area contributed by atoms with Gasteiger partial charge in [0.2, 0.25) is 11.9 Å². The summed E-state index contributed by atoms with van der Waals surface area (Å²) >= 11 is 0. The van der Waals surface area contributed by atoms with E-state index in [1.165, 1.54) is 4.90 Å². The van der Waals surface area contributed by atoms with Gasteiger partial charge < -0.3 is 24.5 Å². The minimum Gasteiger partial charge on any atom is -0.343 e. The number of piperazine rings is 1. The molecule has 1 rings (SSSR count). The summed E-state index contributed by atoms with van der Waals surface area (Å²) in [6.45, 7) is 0.388. The van der Waals surface area contributed by atoms with Gasteiger partial charge in [-0.3, -0.25) is 18.8 Å². The van der Waals surface area contributed by atoms with Crippen LogP contribution in [0.2, 0.25) is 0 Å². The Balaban J connectivity index is 2.85. The van der Waals surface area contributed by atoms with Crippen LogP contribution in [0.5, 0.6) is 0 Å². The molecule has 9 nitrogen and oxygen atoms in total. The molecule has 0 atom stereocenters. The van der Waals surface area contributed by atoms with Crippen molar-refractivity contribution in [1.82, 2.24) is 9.80 Å². The van der Waals surface area contributed by atoms with Gasteiger partial charge in [0.15, 0.2) is 0 Å². The van der Waals surface area contributed by atoms with E-state index in [0.717, 1.165) is 4.90 Å². The molecule has 0 saturated carbocycles. The second-order valence-electron chi connectivity index (χ2n) is 3.70. The average molecular weight is 288 g/mol. The van der Waals surface area contributed by atoms with Crippen molar-refractivity contribution >= 4 is 21.6 Å². The molecule has 1 saturated heterocycles. The molecule has 1 aliphatic rings.